The molecular formula is C13H11ClN2OS. The summed E-state index contributed by atoms with van der Waals surface area (Å²) in [5, 5.41) is 0.542. The maximum absolute atomic E-state index is 6.03. The van der Waals surface area contributed by atoms with Gasteiger partial charge in [-0.15, -0.1) is 0 Å². The number of hydrogen-bond donors (Lipinski definition) is 1. The molecule has 2 aromatic rings. The summed E-state index contributed by atoms with van der Waals surface area (Å²) >= 11 is 10.9. The van der Waals surface area contributed by atoms with Gasteiger partial charge in [0.25, 0.3) is 0 Å². The van der Waals surface area contributed by atoms with E-state index >= 15 is 0 Å². The molecule has 0 aliphatic heterocycles. The van der Waals surface area contributed by atoms with Crippen LogP contribution < -0.4 is 10.5 Å². The molecule has 0 bridgehead atoms. The standard InChI is InChI=1S/C13H11ClN2OS/c1-8-2-4-10(14)11(6-8)17-12-5-3-9(7-16-12)13(15)18/h2-7H,1H3,(H2,15,18). The average Bonchev–Trinajstić information content (AvgIpc) is 2.34. The Bertz CT molecular complexity index is 584. The SMILES string of the molecule is Cc1ccc(Cl)c(Oc2ccc(C(N)=S)cn2)c1. The quantitative estimate of drug-likeness (QED) is 0.874. The number of halogens is 1. The van der Waals surface area contributed by atoms with E-state index in [9.17, 15) is 0 Å². The highest BCUT2D eigenvalue weighted by Crippen LogP contribution is 2.29. The number of ether oxygens (including phenoxy) is 1. The molecule has 0 radical (unpaired) electrons. The molecule has 0 aliphatic carbocycles. The van der Waals surface area contributed by atoms with Crippen LogP contribution in [0.2, 0.25) is 5.02 Å². The van der Waals surface area contributed by atoms with Gasteiger partial charge in [0.2, 0.25) is 5.88 Å². The maximum Gasteiger partial charge on any atom is 0.219 e. The van der Waals surface area contributed by atoms with Crippen LogP contribution in [-0.2, 0) is 0 Å². The van der Waals surface area contributed by atoms with Crippen LogP contribution in [0.25, 0.3) is 0 Å². The molecule has 1 aromatic heterocycles. The second kappa shape index (κ2) is 5.33. The maximum atomic E-state index is 6.03. The van der Waals surface area contributed by atoms with Gasteiger partial charge in [-0.1, -0.05) is 29.9 Å². The first-order valence-corrected chi connectivity index (χ1v) is 6.05. The fourth-order valence-electron chi connectivity index (χ4n) is 1.39. The van der Waals surface area contributed by atoms with Crippen LogP contribution in [0.1, 0.15) is 11.1 Å². The number of nitrogens with two attached hydrogens (primary N) is 1. The van der Waals surface area contributed by atoms with E-state index in [-0.39, 0.29) is 0 Å². The van der Waals surface area contributed by atoms with E-state index in [2.05, 4.69) is 4.98 Å². The fraction of sp³-hybridized carbons (Fsp3) is 0.0769. The molecule has 0 aliphatic rings. The largest absolute Gasteiger partial charge is 0.437 e. The third-order valence-corrected chi connectivity index (χ3v) is 2.87. The smallest absolute Gasteiger partial charge is 0.219 e. The summed E-state index contributed by atoms with van der Waals surface area (Å²) < 4.78 is 5.60. The summed E-state index contributed by atoms with van der Waals surface area (Å²) in [6, 6.07) is 9.02. The Morgan fingerprint density at radius 1 is 1.33 bits per heavy atom. The van der Waals surface area contributed by atoms with Crippen molar-refractivity contribution in [1.29, 1.82) is 0 Å². The predicted octanol–water partition coefficient (Wildman–Crippen LogP) is 3.47. The monoisotopic (exact) mass is 278 g/mol. The van der Waals surface area contributed by atoms with E-state index in [4.69, 9.17) is 34.3 Å². The molecule has 0 atom stereocenters. The second-order valence-electron chi connectivity index (χ2n) is 3.79. The third kappa shape index (κ3) is 2.97. The van der Waals surface area contributed by atoms with Gasteiger partial charge in [0.15, 0.2) is 0 Å². The number of benzene rings is 1. The molecule has 1 heterocycles. The summed E-state index contributed by atoms with van der Waals surface area (Å²) in [5.74, 6) is 1.02. The molecule has 0 unspecified atom stereocenters. The lowest BCUT2D eigenvalue weighted by atomic mass is 10.2. The number of aromatic nitrogens is 1. The van der Waals surface area contributed by atoms with Crippen LogP contribution in [0, 0.1) is 6.92 Å². The van der Waals surface area contributed by atoms with Gasteiger partial charge in [0.05, 0.1) is 5.02 Å². The summed E-state index contributed by atoms with van der Waals surface area (Å²) in [6.45, 7) is 1.96. The summed E-state index contributed by atoms with van der Waals surface area (Å²) in [7, 11) is 0. The molecule has 0 saturated carbocycles. The molecule has 3 nitrogen and oxygen atoms in total. The van der Waals surface area contributed by atoms with Gasteiger partial charge in [0.1, 0.15) is 10.7 Å². The van der Waals surface area contributed by atoms with E-state index in [1.807, 2.05) is 19.1 Å². The van der Waals surface area contributed by atoms with Gasteiger partial charge in [-0.25, -0.2) is 4.98 Å². The lowest BCUT2D eigenvalue weighted by Gasteiger charge is -2.07. The molecule has 0 spiro atoms. The zero-order valence-electron chi connectivity index (χ0n) is 9.68. The molecule has 5 heteroatoms. The number of hydrogen-bond acceptors (Lipinski definition) is 3. The Morgan fingerprint density at radius 3 is 2.72 bits per heavy atom. The molecule has 2 rings (SSSR count). The van der Waals surface area contributed by atoms with Gasteiger partial charge in [-0.3, -0.25) is 0 Å². The van der Waals surface area contributed by atoms with Crippen LogP contribution in [0.5, 0.6) is 11.6 Å². The third-order valence-electron chi connectivity index (χ3n) is 2.32. The van der Waals surface area contributed by atoms with E-state index in [0.29, 0.717) is 27.2 Å². The van der Waals surface area contributed by atoms with E-state index in [1.165, 1.54) is 0 Å². The van der Waals surface area contributed by atoms with Crippen molar-refractivity contribution in [1.82, 2.24) is 4.98 Å². The van der Waals surface area contributed by atoms with Crippen molar-refractivity contribution in [2.24, 2.45) is 5.73 Å². The zero-order valence-corrected chi connectivity index (χ0v) is 11.3. The van der Waals surface area contributed by atoms with Crippen LogP contribution in [0.15, 0.2) is 36.5 Å². The number of rotatable bonds is 3. The lowest BCUT2D eigenvalue weighted by molar-refractivity contribution is 0.463. The van der Waals surface area contributed by atoms with Crippen molar-refractivity contribution < 1.29 is 4.74 Å². The van der Waals surface area contributed by atoms with Crippen molar-refractivity contribution in [2.75, 3.05) is 0 Å². The topological polar surface area (TPSA) is 48.1 Å². The molecule has 18 heavy (non-hydrogen) atoms. The highest BCUT2D eigenvalue weighted by Gasteiger charge is 2.05. The van der Waals surface area contributed by atoms with Gasteiger partial charge in [-0.2, -0.15) is 0 Å². The fourth-order valence-corrected chi connectivity index (χ4v) is 1.66. The number of thiocarbonyl (C=S) groups is 1. The second-order valence-corrected chi connectivity index (χ2v) is 4.63. The first kappa shape index (κ1) is 12.8. The molecular weight excluding hydrogens is 268 g/mol. The zero-order chi connectivity index (χ0) is 13.1. The van der Waals surface area contributed by atoms with Crippen molar-refractivity contribution in [3.8, 4) is 11.6 Å². The number of nitrogens with zero attached hydrogens (tertiary/aromatic N) is 1. The van der Waals surface area contributed by atoms with Crippen LogP contribution in [0.4, 0.5) is 0 Å². The number of aryl methyl sites for hydroxylation is 1. The van der Waals surface area contributed by atoms with E-state index in [0.717, 1.165) is 5.56 Å². The first-order chi connectivity index (χ1) is 8.56. The molecule has 0 saturated heterocycles. The van der Waals surface area contributed by atoms with Crippen molar-refractivity contribution in [3.05, 3.63) is 52.7 Å². The van der Waals surface area contributed by atoms with Crippen LogP contribution in [-0.4, -0.2) is 9.97 Å². The van der Waals surface area contributed by atoms with Crippen molar-refractivity contribution >= 4 is 28.8 Å². The Labute approximate surface area is 116 Å². The Kier molecular flexibility index (Phi) is 3.79. The van der Waals surface area contributed by atoms with Gasteiger partial charge >= 0.3 is 0 Å². The normalized spacial score (nSPS) is 10.1. The van der Waals surface area contributed by atoms with E-state index in [1.54, 1.807) is 24.4 Å². The molecule has 0 amide bonds. The highest BCUT2D eigenvalue weighted by molar-refractivity contribution is 7.80. The van der Waals surface area contributed by atoms with Gasteiger partial charge < -0.3 is 10.5 Å². The minimum Gasteiger partial charge on any atom is -0.437 e. The Hall–Kier alpha value is -1.65. The molecule has 2 N–H and O–H groups in total. The summed E-state index contributed by atoms with van der Waals surface area (Å²) in [5.41, 5.74) is 7.26. The van der Waals surface area contributed by atoms with Gasteiger partial charge in [0, 0.05) is 17.8 Å². The minimum absolute atomic E-state index is 0.308. The lowest BCUT2D eigenvalue weighted by Crippen LogP contribution is -2.09. The average molecular weight is 279 g/mol. The minimum atomic E-state index is 0.308. The van der Waals surface area contributed by atoms with Gasteiger partial charge in [-0.05, 0) is 30.7 Å². The Morgan fingerprint density at radius 2 is 2.11 bits per heavy atom. The summed E-state index contributed by atoms with van der Waals surface area (Å²) in [6.07, 6.45) is 1.57. The van der Waals surface area contributed by atoms with Crippen molar-refractivity contribution in [2.45, 2.75) is 6.92 Å². The molecule has 92 valence electrons. The number of pyridine rings is 1. The van der Waals surface area contributed by atoms with Crippen LogP contribution >= 0.6 is 23.8 Å². The highest BCUT2D eigenvalue weighted by atomic mass is 35.5. The summed E-state index contributed by atoms with van der Waals surface area (Å²) in [4.78, 5) is 4.43. The van der Waals surface area contributed by atoms with E-state index < -0.39 is 0 Å². The molecule has 0 fully saturated rings. The first-order valence-electron chi connectivity index (χ1n) is 5.26. The van der Waals surface area contributed by atoms with Crippen LogP contribution in [0.3, 0.4) is 0 Å². The molecule has 1 aromatic carbocycles. The van der Waals surface area contributed by atoms with Crippen molar-refractivity contribution in [3.63, 3.8) is 0 Å². The Balaban J connectivity index is 2.23. The predicted molar refractivity (Wildman–Crippen MR) is 76.4 cm³/mol.